The lowest BCUT2D eigenvalue weighted by atomic mass is 10.4. The van der Waals surface area contributed by atoms with Gasteiger partial charge in [0.15, 0.2) is 0 Å². The van der Waals surface area contributed by atoms with E-state index in [1.54, 1.807) is 24.1 Å². The molecule has 1 aliphatic heterocycles. The quantitative estimate of drug-likeness (QED) is 0.796. The van der Waals surface area contributed by atoms with Gasteiger partial charge in [-0.05, 0) is 55.1 Å². The van der Waals surface area contributed by atoms with Crippen LogP contribution in [0.25, 0.3) is 0 Å². The van der Waals surface area contributed by atoms with Crippen molar-refractivity contribution in [1.82, 2.24) is 4.31 Å². The molecule has 3 rings (SSSR count). The van der Waals surface area contributed by atoms with Gasteiger partial charge in [-0.2, -0.15) is 5.26 Å². The van der Waals surface area contributed by atoms with E-state index in [0.717, 1.165) is 27.1 Å². The number of benzene rings is 1. The molecule has 2 aromatic rings. The van der Waals surface area contributed by atoms with Crippen molar-refractivity contribution in [2.45, 2.75) is 26.8 Å². The Labute approximate surface area is 135 Å². The molecule has 0 saturated carbocycles. The number of nitriles is 1. The summed E-state index contributed by atoms with van der Waals surface area (Å²) in [5, 5.41) is 8.86. The third-order valence-corrected chi connectivity index (χ3v) is 6.95. The van der Waals surface area contributed by atoms with Crippen molar-refractivity contribution in [3.63, 3.8) is 0 Å². The summed E-state index contributed by atoms with van der Waals surface area (Å²) in [6.45, 7) is 2.24. The zero-order valence-electron chi connectivity index (χ0n) is 11.3. The van der Waals surface area contributed by atoms with E-state index in [2.05, 4.69) is 16.4 Å². The minimum atomic E-state index is -1.21. The first-order chi connectivity index (χ1) is 10.3. The maximum Gasteiger partial charge on any atom is 0.110 e. The standard InChI is InChI=1S/C15H14N2OS3/c16-11-13-6-7-15(19-13)21(18)14-5-3-4-12(10-14)20-17-8-1-2-9-17/h3-7,10H,1-2,8-9H2. The van der Waals surface area contributed by atoms with Gasteiger partial charge in [-0.1, -0.05) is 6.07 Å². The monoisotopic (exact) mass is 334 g/mol. The van der Waals surface area contributed by atoms with Crippen LogP contribution in [0.4, 0.5) is 0 Å². The largest absolute Gasteiger partial charge is 0.248 e. The highest BCUT2D eigenvalue weighted by Crippen LogP contribution is 2.30. The molecule has 1 aromatic heterocycles. The fourth-order valence-electron chi connectivity index (χ4n) is 2.17. The van der Waals surface area contributed by atoms with Gasteiger partial charge in [-0.3, -0.25) is 0 Å². The molecule has 108 valence electrons. The summed E-state index contributed by atoms with van der Waals surface area (Å²) in [6.07, 6.45) is 2.51. The topological polar surface area (TPSA) is 44.1 Å². The molecule has 2 heterocycles. The van der Waals surface area contributed by atoms with Crippen molar-refractivity contribution in [3.05, 3.63) is 41.3 Å². The molecule has 0 N–H and O–H groups in total. The minimum Gasteiger partial charge on any atom is -0.248 e. The van der Waals surface area contributed by atoms with Gasteiger partial charge in [-0.15, -0.1) is 11.3 Å². The van der Waals surface area contributed by atoms with Gasteiger partial charge in [0.25, 0.3) is 0 Å². The Morgan fingerprint density at radius 1 is 1.24 bits per heavy atom. The van der Waals surface area contributed by atoms with E-state index in [1.807, 2.05) is 18.2 Å². The second-order valence-corrected chi connectivity index (χ2v) is 8.66. The van der Waals surface area contributed by atoms with Crippen molar-refractivity contribution in [1.29, 1.82) is 5.26 Å². The van der Waals surface area contributed by atoms with E-state index in [9.17, 15) is 4.21 Å². The first kappa shape index (κ1) is 14.8. The van der Waals surface area contributed by atoms with Crippen molar-refractivity contribution in [2.24, 2.45) is 0 Å². The SMILES string of the molecule is N#Cc1ccc(S(=O)c2cccc(SN3CCCC3)c2)s1. The molecule has 0 aliphatic carbocycles. The maximum absolute atomic E-state index is 12.6. The predicted octanol–water partition coefficient (Wildman–Crippen LogP) is 3.89. The Morgan fingerprint density at radius 3 is 2.76 bits per heavy atom. The lowest BCUT2D eigenvalue weighted by Crippen LogP contribution is -2.08. The fraction of sp³-hybridized carbons (Fsp3) is 0.267. The van der Waals surface area contributed by atoms with Crippen LogP contribution in [0.3, 0.4) is 0 Å². The summed E-state index contributed by atoms with van der Waals surface area (Å²) in [6, 6.07) is 13.5. The van der Waals surface area contributed by atoms with Crippen molar-refractivity contribution in [3.8, 4) is 6.07 Å². The van der Waals surface area contributed by atoms with E-state index in [4.69, 9.17) is 5.26 Å². The van der Waals surface area contributed by atoms with E-state index in [-0.39, 0.29) is 0 Å². The van der Waals surface area contributed by atoms with Gasteiger partial charge in [0.1, 0.15) is 10.9 Å². The number of nitrogens with zero attached hydrogens (tertiary/aromatic N) is 2. The Bertz CT molecular complexity index is 699. The zero-order chi connectivity index (χ0) is 14.7. The van der Waals surface area contributed by atoms with Gasteiger partial charge < -0.3 is 0 Å². The Morgan fingerprint density at radius 2 is 2.05 bits per heavy atom. The maximum atomic E-state index is 12.6. The molecular formula is C15H14N2OS3. The van der Waals surface area contributed by atoms with Crippen molar-refractivity contribution >= 4 is 34.1 Å². The molecule has 6 heteroatoms. The van der Waals surface area contributed by atoms with Gasteiger partial charge in [-0.25, -0.2) is 8.51 Å². The lowest BCUT2D eigenvalue weighted by Gasteiger charge is -2.13. The van der Waals surface area contributed by atoms with Crippen LogP contribution in [0.15, 0.2) is 50.4 Å². The summed E-state index contributed by atoms with van der Waals surface area (Å²) < 4.78 is 15.6. The van der Waals surface area contributed by atoms with Crippen LogP contribution < -0.4 is 0 Å². The van der Waals surface area contributed by atoms with Crippen LogP contribution in [0, 0.1) is 11.3 Å². The second-order valence-electron chi connectivity index (χ2n) is 4.70. The molecule has 1 aliphatic rings. The molecular weight excluding hydrogens is 320 g/mol. The summed E-state index contributed by atoms with van der Waals surface area (Å²) in [7, 11) is -1.21. The molecule has 3 nitrogen and oxygen atoms in total. The van der Waals surface area contributed by atoms with E-state index >= 15 is 0 Å². The molecule has 1 fully saturated rings. The number of hydrogen-bond donors (Lipinski definition) is 0. The van der Waals surface area contributed by atoms with Gasteiger partial charge in [0.05, 0.1) is 15.0 Å². The number of thiophene rings is 1. The highest BCUT2D eigenvalue weighted by Gasteiger charge is 2.15. The molecule has 0 amide bonds. The minimum absolute atomic E-state index is 0.598. The zero-order valence-corrected chi connectivity index (χ0v) is 13.8. The smallest absolute Gasteiger partial charge is 0.110 e. The average Bonchev–Trinajstić information content (AvgIpc) is 3.17. The van der Waals surface area contributed by atoms with Crippen LogP contribution in [0.1, 0.15) is 17.7 Å². The Balaban J connectivity index is 1.78. The molecule has 0 radical (unpaired) electrons. The summed E-state index contributed by atoms with van der Waals surface area (Å²) >= 11 is 3.03. The molecule has 1 aromatic carbocycles. The lowest BCUT2D eigenvalue weighted by molar-refractivity contribution is 0.586. The van der Waals surface area contributed by atoms with Gasteiger partial charge in [0, 0.05) is 22.9 Å². The molecule has 1 unspecified atom stereocenters. The van der Waals surface area contributed by atoms with Crippen LogP contribution in [0.5, 0.6) is 0 Å². The molecule has 0 bridgehead atoms. The Kier molecular flexibility index (Phi) is 4.76. The summed E-state index contributed by atoms with van der Waals surface area (Å²) in [5.41, 5.74) is 0. The molecule has 1 saturated heterocycles. The fourth-order valence-corrected chi connectivity index (χ4v) is 5.56. The first-order valence-corrected chi connectivity index (χ1v) is 9.45. The van der Waals surface area contributed by atoms with Crippen LogP contribution in [0.2, 0.25) is 0 Å². The summed E-state index contributed by atoms with van der Waals surface area (Å²) in [5.74, 6) is 0. The van der Waals surface area contributed by atoms with Gasteiger partial charge in [0.2, 0.25) is 0 Å². The second kappa shape index (κ2) is 6.75. The van der Waals surface area contributed by atoms with Gasteiger partial charge >= 0.3 is 0 Å². The van der Waals surface area contributed by atoms with Crippen molar-refractivity contribution < 1.29 is 4.21 Å². The normalized spacial score (nSPS) is 16.7. The van der Waals surface area contributed by atoms with Crippen LogP contribution in [-0.2, 0) is 10.8 Å². The van der Waals surface area contributed by atoms with E-state index < -0.39 is 10.8 Å². The third kappa shape index (κ3) is 3.55. The number of hydrogen-bond acceptors (Lipinski definition) is 5. The van der Waals surface area contributed by atoms with Crippen LogP contribution >= 0.6 is 23.3 Å². The highest BCUT2D eigenvalue weighted by atomic mass is 32.2. The first-order valence-electron chi connectivity index (χ1n) is 6.71. The molecule has 21 heavy (non-hydrogen) atoms. The number of rotatable bonds is 4. The highest BCUT2D eigenvalue weighted by molar-refractivity contribution is 7.97. The van der Waals surface area contributed by atoms with E-state index in [1.165, 1.54) is 24.2 Å². The van der Waals surface area contributed by atoms with Crippen LogP contribution in [-0.4, -0.2) is 21.6 Å². The predicted molar refractivity (Wildman–Crippen MR) is 86.8 cm³/mol. The Hall–Kier alpha value is -1.13. The molecule has 1 atom stereocenters. The van der Waals surface area contributed by atoms with E-state index in [0.29, 0.717) is 4.88 Å². The summed E-state index contributed by atoms with van der Waals surface area (Å²) in [4.78, 5) is 2.52. The van der Waals surface area contributed by atoms with Crippen molar-refractivity contribution in [2.75, 3.05) is 13.1 Å². The molecule has 0 spiro atoms. The third-order valence-electron chi connectivity index (χ3n) is 3.19. The average molecular weight is 334 g/mol.